The molecule has 1 aliphatic rings. The number of benzene rings is 1. The minimum absolute atomic E-state index is 0.205. The van der Waals surface area contributed by atoms with Gasteiger partial charge in [-0.05, 0) is 49.9 Å². The molecule has 0 fully saturated rings. The number of amides is 1. The van der Waals surface area contributed by atoms with E-state index in [-0.39, 0.29) is 11.9 Å². The summed E-state index contributed by atoms with van der Waals surface area (Å²) in [6, 6.07) is 7.58. The summed E-state index contributed by atoms with van der Waals surface area (Å²) in [6.07, 6.45) is 2.84. The summed E-state index contributed by atoms with van der Waals surface area (Å²) in [5.74, 6) is 0.355. The lowest BCUT2D eigenvalue weighted by molar-refractivity contribution is 0.0526. The molecule has 0 radical (unpaired) electrons. The maximum atomic E-state index is 12.7. The van der Waals surface area contributed by atoms with Crippen LogP contribution in [0.3, 0.4) is 0 Å². The fourth-order valence-corrected chi connectivity index (χ4v) is 4.97. The minimum atomic E-state index is -0.356. The van der Waals surface area contributed by atoms with Gasteiger partial charge in [0.2, 0.25) is 0 Å². The molecule has 1 N–H and O–H groups in total. The molecule has 5 nitrogen and oxygen atoms in total. The molecule has 144 valence electrons. The van der Waals surface area contributed by atoms with Crippen LogP contribution < -0.4 is 5.32 Å². The van der Waals surface area contributed by atoms with Gasteiger partial charge in [0.15, 0.2) is 0 Å². The van der Waals surface area contributed by atoms with Crippen LogP contribution in [0.5, 0.6) is 0 Å². The first-order valence-electron chi connectivity index (χ1n) is 8.93. The number of carbonyl (C=O) groups is 2. The molecule has 2 aromatic rings. The van der Waals surface area contributed by atoms with Crippen molar-refractivity contribution in [2.75, 3.05) is 31.8 Å². The molecule has 0 spiro atoms. The molecule has 0 saturated heterocycles. The van der Waals surface area contributed by atoms with E-state index in [1.165, 1.54) is 16.9 Å². The number of anilines is 1. The van der Waals surface area contributed by atoms with Crippen LogP contribution in [0.1, 0.15) is 43.6 Å². The van der Waals surface area contributed by atoms with Gasteiger partial charge in [0, 0.05) is 29.3 Å². The Labute approximate surface area is 168 Å². The molecule has 7 heteroatoms. The average Bonchev–Trinajstić information content (AvgIpc) is 2.99. The summed E-state index contributed by atoms with van der Waals surface area (Å²) in [4.78, 5) is 28.6. The van der Waals surface area contributed by atoms with Gasteiger partial charge in [-0.1, -0.05) is 12.1 Å². The Balaban J connectivity index is 1.86. The van der Waals surface area contributed by atoms with E-state index in [2.05, 4.69) is 17.3 Å². The summed E-state index contributed by atoms with van der Waals surface area (Å²) >= 11 is 3.22. The molecule has 0 aliphatic carbocycles. The number of rotatable bonds is 6. The van der Waals surface area contributed by atoms with Crippen molar-refractivity contribution in [1.82, 2.24) is 4.90 Å². The molecular weight excluding hydrogens is 380 g/mol. The molecule has 27 heavy (non-hydrogen) atoms. The highest BCUT2D eigenvalue weighted by Crippen LogP contribution is 2.37. The Kier molecular flexibility index (Phi) is 6.57. The lowest BCUT2D eigenvalue weighted by Crippen LogP contribution is -2.26. The Hall–Kier alpha value is -1.83. The highest BCUT2D eigenvalue weighted by molar-refractivity contribution is 7.97. The first-order valence-corrected chi connectivity index (χ1v) is 11.1. The molecule has 1 aromatic heterocycles. The van der Waals surface area contributed by atoms with Gasteiger partial charge < -0.3 is 15.0 Å². The first kappa shape index (κ1) is 19.9. The van der Waals surface area contributed by atoms with Gasteiger partial charge in [-0.2, -0.15) is 11.8 Å². The van der Waals surface area contributed by atoms with Gasteiger partial charge >= 0.3 is 5.97 Å². The molecule has 1 aromatic carbocycles. The highest BCUT2D eigenvalue weighted by atomic mass is 32.2. The zero-order valence-electron chi connectivity index (χ0n) is 15.8. The molecule has 0 bridgehead atoms. The lowest BCUT2D eigenvalue weighted by Gasteiger charge is -2.22. The third-order valence-corrected chi connectivity index (χ3v) is 6.24. The molecule has 0 saturated carbocycles. The molecule has 3 rings (SSSR count). The van der Waals surface area contributed by atoms with E-state index in [4.69, 9.17) is 4.74 Å². The number of fused-ring (bicyclic) bond motifs is 1. The van der Waals surface area contributed by atoms with Crippen molar-refractivity contribution in [3.8, 4) is 0 Å². The number of nitrogens with one attached hydrogen (secondary N) is 1. The molecular formula is C20H24N2O3S2. The van der Waals surface area contributed by atoms with Crippen molar-refractivity contribution in [2.24, 2.45) is 0 Å². The second-order valence-electron chi connectivity index (χ2n) is 6.50. The maximum absolute atomic E-state index is 12.7. The van der Waals surface area contributed by atoms with Gasteiger partial charge in [-0.3, -0.25) is 4.79 Å². The van der Waals surface area contributed by atoms with Crippen molar-refractivity contribution >= 4 is 40.0 Å². The summed E-state index contributed by atoms with van der Waals surface area (Å²) in [6.45, 7) is 3.78. The fraction of sp³-hybridized carbons (Fsp3) is 0.400. The van der Waals surface area contributed by atoms with Gasteiger partial charge in [0.25, 0.3) is 5.91 Å². The summed E-state index contributed by atoms with van der Waals surface area (Å²) in [5.41, 5.74) is 3.30. The number of nitrogens with zero attached hydrogens (tertiary/aromatic N) is 1. The van der Waals surface area contributed by atoms with E-state index in [1.54, 1.807) is 18.7 Å². The van der Waals surface area contributed by atoms with E-state index < -0.39 is 0 Å². The van der Waals surface area contributed by atoms with Crippen LogP contribution in [0.15, 0.2) is 24.3 Å². The van der Waals surface area contributed by atoms with E-state index in [9.17, 15) is 9.59 Å². The normalized spacial score (nSPS) is 13.9. The quantitative estimate of drug-likeness (QED) is 0.737. The zero-order chi connectivity index (χ0) is 19.4. The largest absolute Gasteiger partial charge is 0.462 e. The number of thiophene rings is 1. The zero-order valence-corrected chi connectivity index (χ0v) is 17.5. The Morgan fingerprint density at radius 1 is 1.30 bits per heavy atom. The maximum Gasteiger partial charge on any atom is 0.341 e. The minimum Gasteiger partial charge on any atom is -0.462 e. The third-order valence-electron chi connectivity index (χ3n) is 4.48. The van der Waals surface area contributed by atoms with E-state index >= 15 is 0 Å². The second kappa shape index (κ2) is 8.91. The van der Waals surface area contributed by atoms with Gasteiger partial charge in [-0.15, -0.1) is 11.3 Å². The van der Waals surface area contributed by atoms with E-state index in [0.29, 0.717) is 22.7 Å². The smallest absolute Gasteiger partial charge is 0.341 e. The SMILES string of the molecule is CCOC(=O)c1c(NC(=O)c2ccc(CSC)cc2)sc2c1CCN(C)C2. The van der Waals surface area contributed by atoms with Gasteiger partial charge in [0.05, 0.1) is 12.2 Å². The number of esters is 1. The van der Waals surface area contributed by atoms with Crippen LogP contribution >= 0.6 is 23.1 Å². The van der Waals surface area contributed by atoms with Crippen LogP contribution in [-0.2, 0) is 23.5 Å². The van der Waals surface area contributed by atoms with Crippen molar-refractivity contribution in [3.05, 3.63) is 51.4 Å². The number of hydrogen-bond donors (Lipinski definition) is 1. The van der Waals surface area contributed by atoms with Gasteiger partial charge in [0.1, 0.15) is 5.00 Å². The molecule has 0 unspecified atom stereocenters. The van der Waals surface area contributed by atoms with Crippen LogP contribution in [0.4, 0.5) is 5.00 Å². The van der Waals surface area contributed by atoms with Crippen LogP contribution in [0.2, 0.25) is 0 Å². The molecule has 0 atom stereocenters. The molecule has 1 aliphatic heterocycles. The summed E-state index contributed by atoms with van der Waals surface area (Å²) < 4.78 is 5.25. The van der Waals surface area contributed by atoms with Crippen LogP contribution in [0.25, 0.3) is 0 Å². The fourth-order valence-electron chi connectivity index (χ4n) is 3.13. The summed E-state index contributed by atoms with van der Waals surface area (Å²) in [7, 11) is 2.06. The van der Waals surface area contributed by atoms with Crippen molar-refractivity contribution < 1.29 is 14.3 Å². The second-order valence-corrected chi connectivity index (χ2v) is 8.47. The highest BCUT2D eigenvalue weighted by Gasteiger charge is 2.28. The Morgan fingerprint density at radius 2 is 2.04 bits per heavy atom. The number of ether oxygens (including phenoxy) is 1. The number of carbonyl (C=O) groups excluding carboxylic acids is 2. The Morgan fingerprint density at radius 3 is 2.70 bits per heavy atom. The monoisotopic (exact) mass is 404 g/mol. The average molecular weight is 405 g/mol. The van der Waals surface area contributed by atoms with Crippen LogP contribution in [-0.4, -0.2) is 43.2 Å². The number of likely N-dealkylation sites (N-methyl/N-ethyl adjacent to an activating group) is 1. The van der Waals surface area contributed by atoms with Crippen molar-refractivity contribution in [1.29, 1.82) is 0 Å². The third kappa shape index (κ3) is 4.54. The predicted octanol–water partition coefficient (Wildman–Crippen LogP) is 4.03. The molecule has 2 heterocycles. The van der Waals surface area contributed by atoms with Crippen molar-refractivity contribution in [2.45, 2.75) is 25.6 Å². The summed E-state index contributed by atoms with van der Waals surface area (Å²) in [5, 5.41) is 3.53. The number of hydrogen-bond acceptors (Lipinski definition) is 6. The van der Waals surface area contributed by atoms with Crippen molar-refractivity contribution in [3.63, 3.8) is 0 Å². The Bertz CT molecular complexity index is 830. The standard InChI is InChI=1S/C20H24N2O3S2/c1-4-25-20(24)17-15-9-10-22(2)11-16(15)27-19(17)21-18(23)14-7-5-13(6-8-14)12-26-3/h5-8H,4,9-12H2,1-3H3,(H,21,23). The van der Waals surface area contributed by atoms with Gasteiger partial charge in [-0.25, -0.2) is 4.79 Å². The van der Waals surface area contributed by atoms with E-state index in [1.807, 2.05) is 30.5 Å². The first-order chi connectivity index (χ1) is 13.0. The lowest BCUT2D eigenvalue weighted by atomic mass is 10.0. The van der Waals surface area contributed by atoms with Crippen LogP contribution in [0, 0.1) is 0 Å². The predicted molar refractivity (Wildman–Crippen MR) is 112 cm³/mol. The topological polar surface area (TPSA) is 58.6 Å². The number of thioether (sulfide) groups is 1. The molecule has 1 amide bonds. The van der Waals surface area contributed by atoms with E-state index in [0.717, 1.165) is 35.7 Å².